The number of carbonyl (C=O) groups is 1. The number of rotatable bonds is 4. The van der Waals surface area contributed by atoms with E-state index in [4.69, 9.17) is 0 Å². The Bertz CT molecular complexity index is 506. The number of aromatic nitrogens is 1. The molecule has 1 amide bonds. The SMILES string of the molecule is CN(C)C(=O)c1cc(NCC2C(C)(C)C2(C)C)ccn1. The van der Waals surface area contributed by atoms with Crippen molar-refractivity contribution in [2.45, 2.75) is 27.7 Å². The van der Waals surface area contributed by atoms with Crippen LogP contribution >= 0.6 is 0 Å². The van der Waals surface area contributed by atoms with E-state index in [0.717, 1.165) is 12.2 Å². The van der Waals surface area contributed by atoms with Crippen LogP contribution in [0.2, 0.25) is 0 Å². The van der Waals surface area contributed by atoms with E-state index in [1.165, 1.54) is 0 Å². The molecule has 1 aliphatic rings. The van der Waals surface area contributed by atoms with Crippen LogP contribution in [0, 0.1) is 16.7 Å². The van der Waals surface area contributed by atoms with Crippen LogP contribution in [-0.2, 0) is 0 Å². The molecule has 1 saturated carbocycles. The molecule has 0 aromatic carbocycles. The lowest BCUT2D eigenvalue weighted by atomic mass is 10.0. The molecule has 0 aliphatic heterocycles. The topological polar surface area (TPSA) is 45.2 Å². The Kier molecular flexibility index (Phi) is 3.53. The van der Waals surface area contributed by atoms with Crippen LogP contribution in [0.4, 0.5) is 5.69 Å². The highest BCUT2D eigenvalue weighted by Gasteiger charge is 2.63. The van der Waals surface area contributed by atoms with E-state index in [2.05, 4.69) is 38.0 Å². The van der Waals surface area contributed by atoms with E-state index < -0.39 is 0 Å². The molecule has 1 aromatic rings. The maximum Gasteiger partial charge on any atom is 0.272 e. The fraction of sp³-hybridized carbons (Fsp3) is 0.625. The Morgan fingerprint density at radius 2 is 1.90 bits per heavy atom. The van der Waals surface area contributed by atoms with Crippen molar-refractivity contribution in [1.29, 1.82) is 0 Å². The van der Waals surface area contributed by atoms with Gasteiger partial charge in [-0.05, 0) is 28.9 Å². The number of hydrogen-bond donors (Lipinski definition) is 1. The van der Waals surface area contributed by atoms with E-state index in [0.29, 0.717) is 22.4 Å². The van der Waals surface area contributed by atoms with Gasteiger partial charge >= 0.3 is 0 Å². The van der Waals surface area contributed by atoms with Crippen molar-refractivity contribution in [3.8, 4) is 0 Å². The molecule has 20 heavy (non-hydrogen) atoms. The molecular weight excluding hydrogens is 250 g/mol. The van der Waals surface area contributed by atoms with Crippen molar-refractivity contribution in [1.82, 2.24) is 9.88 Å². The molecule has 0 bridgehead atoms. The molecule has 1 heterocycles. The zero-order valence-electron chi connectivity index (χ0n) is 13.3. The van der Waals surface area contributed by atoms with Gasteiger partial charge in [0.2, 0.25) is 0 Å². The Labute approximate surface area is 121 Å². The first-order chi connectivity index (χ1) is 9.18. The van der Waals surface area contributed by atoms with Crippen molar-refractivity contribution in [2.75, 3.05) is 26.0 Å². The predicted octanol–water partition coefficient (Wildman–Crippen LogP) is 2.88. The van der Waals surface area contributed by atoms with Gasteiger partial charge < -0.3 is 10.2 Å². The van der Waals surface area contributed by atoms with Crippen LogP contribution in [-0.4, -0.2) is 36.4 Å². The molecule has 4 nitrogen and oxygen atoms in total. The molecular formula is C16H25N3O. The summed E-state index contributed by atoms with van der Waals surface area (Å²) in [6.07, 6.45) is 1.68. The normalized spacial score (nSPS) is 19.5. The van der Waals surface area contributed by atoms with E-state index in [9.17, 15) is 4.79 Å². The first-order valence-electron chi connectivity index (χ1n) is 7.09. The molecule has 0 atom stereocenters. The number of pyridine rings is 1. The second kappa shape index (κ2) is 4.76. The van der Waals surface area contributed by atoms with Crippen molar-refractivity contribution < 1.29 is 4.79 Å². The van der Waals surface area contributed by atoms with E-state index in [-0.39, 0.29) is 5.91 Å². The van der Waals surface area contributed by atoms with E-state index in [1.807, 2.05) is 12.1 Å². The number of hydrogen-bond acceptors (Lipinski definition) is 3. The lowest BCUT2D eigenvalue weighted by Crippen LogP contribution is -2.22. The zero-order valence-corrected chi connectivity index (χ0v) is 13.3. The summed E-state index contributed by atoms with van der Waals surface area (Å²) in [5.74, 6) is 0.580. The number of anilines is 1. The molecule has 1 fully saturated rings. The minimum absolute atomic E-state index is 0.0688. The summed E-state index contributed by atoms with van der Waals surface area (Å²) in [6.45, 7) is 10.2. The number of nitrogens with one attached hydrogen (secondary N) is 1. The summed E-state index contributed by atoms with van der Waals surface area (Å²) in [7, 11) is 3.47. The first kappa shape index (κ1) is 14.8. The second-order valence-corrected chi connectivity index (χ2v) is 7.01. The quantitative estimate of drug-likeness (QED) is 0.919. The van der Waals surface area contributed by atoms with Crippen molar-refractivity contribution >= 4 is 11.6 Å². The van der Waals surface area contributed by atoms with Crippen LogP contribution in [0.15, 0.2) is 18.3 Å². The highest BCUT2D eigenvalue weighted by atomic mass is 16.2. The Morgan fingerprint density at radius 3 is 2.40 bits per heavy atom. The Balaban J connectivity index is 2.02. The summed E-state index contributed by atoms with van der Waals surface area (Å²) in [6, 6.07) is 3.74. The number of amides is 1. The van der Waals surface area contributed by atoms with Crippen LogP contribution in [0.1, 0.15) is 38.2 Å². The van der Waals surface area contributed by atoms with Crippen molar-refractivity contribution in [3.05, 3.63) is 24.0 Å². The Morgan fingerprint density at radius 1 is 1.30 bits per heavy atom. The minimum atomic E-state index is -0.0688. The van der Waals surface area contributed by atoms with E-state index in [1.54, 1.807) is 25.2 Å². The summed E-state index contributed by atoms with van der Waals surface area (Å²) in [5.41, 5.74) is 2.18. The molecule has 0 unspecified atom stereocenters. The zero-order chi connectivity index (χ0) is 15.1. The fourth-order valence-corrected chi connectivity index (χ4v) is 2.95. The molecule has 0 spiro atoms. The lowest BCUT2D eigenvalue weighted by molar-refractivity contribution is 0.0822. The van der Waals surface area contributed by atoms with Crippen LogP contribution in [0.25, 0.3) is 0 Å². The Hall–Kier alpha value is -1.58. The third-order valence-corrected chi connectivity index (χ3v) is 5.22. The molecule has 1 N–H and O–H groups in total. The van der Waals surface area contributed by atoms with Gasteiger partial charge in [0.1, 0.15) is 5.69 Å². The fourth-order valence-electron chi connectivity index (χ4n) is 2.95. The second-order valence-electron chi connectivity index (χ2n) is 7.01. The summed E-state index contributed by atoms with van der Waals surface area (Å²) < 4.78 is 0. The maximum atomic E-state index is 11.9. The van der Waals surface area contributed by atoms with Crippen molar-refractivity contribution in [3.63, 3.8) is 0 Å². The molecule has 1 aromatic heterocycles. The monoisotopic (exact) mass is 275 g/mol. The molecule has 2 rings (SSSR count). The molecule has 4 heteroatoms. The molecule has 0 radical (unpaired) electrons. The van der Waals surface area contributed by atoms with E-state index >= 15 is 0 Å². The molecule has 1 aliphatic carbocycles. The third kappa shape index (κ3) is 2.39. The summed E-state index contributed by atoms with van der Waals surface area (Å²) in [4.78, 5) is 17.6. The van der Waals surface area contributed by atoms with Crippen LogP contribution in [0.3, 0.4) is 0 Å². The van der Waals surface area contributed by atoms with Gasteiger partial charge in [0.15, 0.2) is 0 Å². The predicted molar refractivity (Wildman–Crippen MR) is 81.8 cm³/mol. The van der Waals surface area contributed by atoms with Gasteiger partial charge in [-0.25, -0.2) is 0 Å². The number of nitrogens with zero attached hydrogens (tertiary/aromatic N) is 2. The van der Waals surface area contributed by atoms with Gasteiger partial charge in [-0.1, -0.05) is 27.7 Å². The van der Waals surface area contributed by atoms with Gasteiger partial charge in [-0.3, -0.25) is 9.78 Å². The van der Waals surface area contributed by atoms with Gasteiger partial charge in [0, 0.05) is 32.5 Å². The van der Waals surface area contributed by atoms with Gasteiger partial charge in [0.05, 0.1) is 0 Å². The van der Waals surface area contributed by atoms with Gasteiger partial charge in [0.25, 0.3) is 5.91 Å². The lowest BCUT2D eigenvalue weighted by Gasteiger charge is -2.11. The number of carbonyl (C=O) groups excluding carboxylic acids is 1. The largest absolute Gasteiger partial charge is 0.385 e. The highest BCUT2D eigenvalue weighted by molar-refractivity contribution is 5.92. The highest BCUT2D eigenvalue weighted by Crippen LogP contribution is 2.68. The van der Waals surface area contributed by atoms with Gasteiger partial charge in [-0.15, -0.1) is 0 Å². The summed E-state index contributed by atoms with van der Waals surface area (Å²) in [5, 5.41) is 3.44. The smallest absolute Gasteiger partial charge is 0.272 e. The van der Waals surface area contributed by atoms with Crippen molar-refractivity contribution in [2.24, 2.45) is 16.7 Å². The van der Waals surface area contributed by atoms with Crippen LogP contribution in [0.5, 0.6) is 0 Å². The maximum absolute atomic E-state index is 11.9. The van der Waals surface area contributed by atoms with Gasteiger partial charge in [-0.2, -0.15) is 0 Å². The average Bonchev–Trinajstić information content (AvgIpc) is 2.76. The first-order valence-corrected chi connectivity index (χ1v) is 7.09. The molecule has 0 saturated heterocycles. The standard InChI is InChI=1S/C16H25N3O/c1-15(2)13(16(15,3)4)10-18-11-7-8-17-12(9-11)14(20)19(5)6/h7-9,13H,10H2,1-6H3,(H,17,18). The summed E-state index contributed by atoms with van der Waals surface area (Å²) >= 11 is 0. The van der Waals surface area contributed by atoms with Crippen LogP contribution < -0.4 is 5.32 Å². The molecule has 110 valence electrons. The third-order valence-electron chi connectivity index (χ3n) is 5.22. The minimum Gasteiger partial charge on any atom is -0.385 e. The average molecular weight is 275 g/mol.